The van der Waals surface area contributed by atoms with Gasteiger partial charge in [-0.2, -0.15) is 13.2 Å². The summed E-state index contributed by atoms with van der Waals surface area (Å²) in [5, 5.41) is 4.37. The highest BCUT2D eigenvalue weighted by Gasteiger charge is 2.30. The fourth-order valence-corrected chi connectivity index (χ4v) is 3.77. The maximum absolute atomic E-state index is 12.9. The van der Waals surface area contributed by atoms with Gasteiger partial charge in [0, 0.05) is 23.7 Å². The predicted octanol–water partition coefficient (Wildman–Crippen LogP) is 4.83. The molecule has 2 heterocycles. The summed E-state index contributed by atoms with van der Waals surface area (Å²) in [5.41, 5.74) is 1.11. The van der Waals surface area contributed by atoms with Gasteiger partial charge in [0.2, 0.25) is 0 Å². The zero-order valence-corrected chi connectivity index (χ0v) is 18.2. The van der Waals surface area contributed by atoms with Gasteiger partial charge in [0.05, 0.1) is 23.4 Å². The van der Waals surface area contributed by atoms with Gasteiger partial charge in [-0.25, -0.2) is 9.78 Å². The first-order valence-electron chi connectivity index (χ1n) is 9.41. The molecule has 3 rings (SSSR count). The predicted molar refractivity (Wildman–Crippen MR) is 113 cm³/mol. The molecule has 0 bridgehead atoms. The standard InChI is InChI=1S/C21H20F3N3O4S/c1-11-16(19(29)31-8-7-30-3)12(2)25-17(11)18(28)27-20-26-15(10-32-20)13-5-4-6-14(9-13)21(22,23)24/h4-6,9-10,25H,7-8H2,1-3H3,(H,26,27,28). The van der Waals surface area contributed by atoms with Crippen LogP contribution in [0.1, 0.15) is 37.7 Å². The van der Waals surface area contributed by atoms with E-state index in [4.69, 9.17) is 9.47 Å². The Balaban J connectivity index is 1.76. The summed E-state index contributed by atoms with van der Waals surface area (Å²) < 4.78 is 48.8. The van der Waals surface area contributed by atoms with Crippen molar-refractivity contribution in [1.29, 1.82) is 0 Å². The molecule has 1 amide bonds. The molecule has 0 aliphatic carbocycles. The molecule has 0 atom stereocenters. The van der Waals surface area contributed by atoms with Gasteiger partial charge < -0.3 is 14.5 Å². The number of carbonyl (C=O) groups excluding carboxylic acids is 2. The Kier molecular flexibility index (Phi) is 6.99. The Morgan fingerprint density at radius 1 is 1.22 bits per heavy atom. The molecule has 170 valence electrons. The van der Waals surface area contributed by atoms with Gasteiger partial charge >= 0.3 is 12.1 Å². The van der Waals surface area contributed by atoms with Crippen LogP contribution in [-0.2, 0) is 15.7 Å². The Morgan fingerprint density at radius 2 is 1.97 bits per heavy atom. The average Bonchev–Trinajstić information content (AvgIpc) is 3.31. The van der Waals surface area contributed by atoms with Gasteiger partial charge in [-0.15, -0.1) is 11.3 Å². The van der Waals surface area contributed by atoms with Crippen molar-refractivity contribution in [3.63, 3.8) is 0 Å². The second-order valence-electron chi connectivity index (χ2n) is 6.82. The summed E-state index contributed by atoms with van der Waals surface area (Å²) in [5.74, 6) is -1.11. The number of anilines is 1. The molecule has 0 aliphatic heterocycles. The molecular weight excluding hydrogens is 447 g/mol. The maximum Gasteiger partial charge on any atom is 0.416 e. The van der Waals surface area contributed by atoms with Crippen LogP contribution < -0.4 is 5.32 Å². The lowest BCUT2D eigenvalue weighted by Gasteiger charge is -2.07. The number of aromatic nitrogens is 2. The Labute approximate surface area is 185 Å². The van der Waals surface area contributed by atoms with E-state index in [-0.39, 0.29) is 35.2 Å². The number of H-pyrrole nitrogens is 1. The number of hydrogen-bond acceptors (Lipinski definition) is 6. The number of thiazole rings is 1. The fourth-order valence-electron chi connectivity index (χ4n) is 3.05. The lowest BCUT2D eigenvalue weighted by atomic mass is 10.1. The smallest absolute Gasteiger partial charge is 0.416 e. The van der Waals surface area contributed by atoms with E-state index in [0.717, 1.165) is 23.5 Å². The first-order valence-corrected chi connectivity index (χ1v) is 10.3. The normalized spacial score (nSPS) is 11.4. The second kappa shape index (κ2) is 9.53. The van der Waals surface area contributed by atoms with Gasteiger partial charge in [0.1, 0.15) is 12.3 Å². The molecule has 0 unspecified atom stereocenters. The van der Waals surface area contributed by atoms with E-state index < -0.39 is 23.6 Å². The van der Waals surface area contributed by atoms with E-state index in [1.165, 1.54) is 19.2 Å². The van der Waals surface area contributed by atoms with Gasteiger partial charge in [0.25, 0.3) is 5.91 Å². The number of ether oxygens (including phenoxy) is 2. The number of esters is 1. The number of carbonyl (C=O) groups is 2. The van der Waals surface area contributed by atoms with E-state index >= 15 is 0 Å². The summed E-state index contributed by atoms with van der Waals surface area (Å²) in [6.07, 6.45) is -4.46. The van der Waals surface area contributed by atoms with E-state index in [1.54, 1.807) is 19.2 Å². The number of nitrogens with zero attached hydrogens (tertiary/aromatic N) is 1. The van der Waals surface area contributed by atoms with Crippen molar-refractivity contribution in [2.75, 3.05) is 25.6 Å². The minimum Gasteiger partial charge on any atom is -0.460 e. The average molecular weight is 467 g/mol. The summed E-state index contributed by atoms with van der Waals surface area (Å²) >= 11 is 1.07. The first-order chi connectivity index (χ1) is 15.1. The van der Waals surface area contributed by atoms with E-state index in [1.807, 2.05) is 0 Å². The van der Waals surface area contributed by atoms with Crippen LogP contribution in [0.3, 0.4) is 0 Å². The Hall–Kier alpha value is -3.18. The maximum atomic E-state index is 12.9. The van der Waals surface area contributed by atoms with Crippen LogP contribution in [0.4, 0.5) is 18.3 Å². The molecule has 1 aromatic carbocycles. The zero-order chi connectivity index (χ0) is 23.5. The molecule has 0 saturated carbocycles. The van der Waals surface area contributed by atoms with Gasteiger partial charge in [-0.05, 0) is 31.5 Å². The number of rotatable bonds is 7. The molecule has 0 spiro atoms. The number of hydrogen-bond donors (Lipinski definition) is 2. The van der Waals surface area contributed by atoms with Crippen molar-refractivity contribution in [3.05, 3.63) is 57.7 Å². The monoisotopic (exact) mass is 467 g/mol. The van der Waals surface area contributed by atoms with E-state index in [0.29, 0.717) is 17.0 Å². The van der Waals surface area contributed by atoms with Crippen molar-refractivity contribution in [2.24, 2.45) is 0 Å². The quantitative estimate of drug-likeness (QED) is 0.384. The molecule has 3 aromatic rings. The van der Waals surface area contributed by atoms with Crippen molar-refractivity contribution < 1.29 is 32.2 Å². The fraction of sp³-hybridized carbons (Fsp3) is 0.286. The van der Waals surface area contributed by atoms with Crippen LogP contribution in [0.15, 0.2) is 29.6 Å². The van der Waals surface area contributed by atoms with Crippen LogP contribution >= 0.6 is 11.3 Å². The van der Waals surface area contributed by atoms with Crippen LogP contribution in [0.2, 0.25) is 0 Å². The van der Waals surface area contributed by atoms with Gasteiger partial charge in [-0.3, -0.25) is 10.1 Å². The summed E-state index contributed by atoms with van der Waals surface area (Å²) in [4.78, 5) is 32.1. The molecule has 0 saturated heterocycles. The Bertz CT molecular complexity index is 1140. The SMILES string of the molecule is COCCOC(=O)c1c(C)[nH]c(C(=O)Nc2nc(-c3cccc(C(F)(F)F)c3)cs2)c1C. The topological polar surface area (TPSA) is 93.3 Å². The van der Waals surface area contributed by atoms with Crippen molar-refractivity contribution >= 4 is 28.3 Å². The first kappa shape index (κ1) is 23.5. The molecule has 7 nitrogen and oxygen atoms in total. The highest BCUT2D eigenvalue weighted by molar-refractivity contribution is 7.14. The molecule has 2 aromatic heterocycles. The molecule has 32 heavy (non-hydrogen) atoms. The number of nitrogens with one attached hydrogen (secondary N) is 2. The third-order valence-corrected chi connectivity index (χ3v) is 5.36. The molecule has 0 radical (unpaired) electrons. The number of aryl methyl sites for hydroxylation is 1. The van der Waals surface area contributed by atoms with Crippen molar-refractivity contribution in [1.82, 2.24) is 9.97 Å². The summed E-state index contributed by atoms with van der Waals surface area (Å²) in [6.45, 7) is 3.59. The third kappa shape index (κ3) is 5.17. The van der Waals surface area contributed by atoms with Gasteiger partial charge in [-0.1, -0.05) is 12.1 Å². The molecule has 11 heteroatoms. The highest BCUT2D eigenvalue weighted by Crippen LogP contribution is 2.33. The van der Waals surface area contributed by atoms with Crippen LogP contribution in [0.25, 0.3) is 11.3 Å². The minimum absolute atomic E-state index is 0.0817. The van der Waals surface area contributed by atoms with Crippen LogP contribution in [-0.4, -0.2) is 42.2 Å². The number of methoxy groups -OCH3 is 1. The number of alkyl halides is 3. The number of aromatic amines is 1. The molecule has 2 N–H and O–H groups in total. The Morgan fingerprint density at radius 3 is 2.66 bits per heavy atom. The highest BCUT2D eigenvalue weighted by atomic mass is 32.1. The van der Waals surface area contributed by atoms with Crippen LogP contribution in [0, 0.1) is 13.8 Å². The second-order valence-corrected chi connectivity index (χ2v) is 7.68. The summed E-state index contributed by atoms with van der Waals surface area (Å²) in [6, 6.07) is 4.79. The molecular formula is C21H20F3N3O4S. The third-order valence-electron chi connectivity index (χ3n) is 4.60. The van der Waals surface area contributed by atoms with E-state index in [2.05, 4.69) is 15.3 Å². The number of halogens is 3. The van der Waals surface area contributed by atoms with Gasteiger partial charge in [0.15, 0.2) is 5.13 Å². The lowest BCUT2D eigenvalue weighted by Crippen LogP contribution is -2.14. The largest absolute Gasteiger partial charge is 0.460 e. The minimum atomic E-state index is -4.46. The molecule has 0 aliphatic rings. The van der Waals surface area contributed by atoms with E-state index in [9.17, 15) is 22.8 Å². The molecule has 0 fully saturated rings. The van der Waals surface area contributed by atoms with Crippen molar-refractivity contribution in [3.8, 4) is 11.3 Å². The number of amides is 1. The lowest BCUT2D eigenvalue weighted by molar-refractivity contribution is -0.137. The van der Waals surface area contributed by atoms with Crippen molar-refractivity contribution in [2.45, 2.75) is 20.0 Å². The number of benzene rings is 1. The van der Waals surface area contributed by atoms with Crippen LogP contribution in [0.5, 0.6) is 0 Å². The summed E-state index contributed by atoms with van der Waals surface area (Å²) in [7, 11) is 1.49. The zero-order valence-electron chi connectivity index (χ0n) is 17.4.